The Balaban J connectivity index is 0.801. The SMILES string of the molecule is CC1CN(CC(O)[C@H](Cc2ccc(O)cc2)n2cc(CNC(=O)[C@H](Cc3ccc(C(=O)c4ccccc4)cc3)NC(=O)CCCCCNC(=O)CCCC[C@@H]3SC[C@@H]4NC(=O)N[C@@H]43)nn2)S(=O)(=O)c2cccc(c2)S(=O)(=O)c2cccc3c1ccnc23. The van der Waals surface area contributed by atoms with Crippen molar-refractivity contribution in [3.8, 4) is 5.75 Å². The minimum atomic E-state index is -4.50. The molecule has 7 atom stereocenters. The number of unbranched alkanes of at least 4 members (excludes halogenated alkanes) is 3. The molecule has 21 nitrogen and oxygen atoms in total. The lowest BCUT2D eigenvalue weighted by Crippen LogP contribution is -2.47. The number of fused-ring (bicyclic) bond motifs is 3. The predicted octanol–water partition coefficient (Wildman–Crippen LogP) is 6.29. The van der Waals surface area contributed by atoms with Gasteiger partial charge in [0.25, 0.3) is 0 Å². The normalized spacial score (nSPS) is 19.5. The number of hydrogen-bond acceptors (Lipinski definition) is 15. The Labute approximate surface area is 509 Å². The zero-order valence-corrected chi connectivity index (χ0v) is 50.4. The first-order chi connectivity index (χ1) is 41.9. The summed E-state index contributed by atoms with van der Waals surface area (Å²) in [5, 5.41) is 46.8. The minimum Gasteiger partial charge on any atom is -0.508 e. The maximum Gasteiger partial charge on any atom is 0.315 e. The molecule has 5 aromatic carbocycles. The van der Waals surface area contributed by atoms with Gasteiger partial charge in [0.1, 0.15) is 17.5 Å². The van der Waals surface area contributed by atoms with Crippen LogP contribution >= 0.6 is 11.8 Å². The van der Waals surface area contributed by atoms with E-state index in [1.807, 2.05) is 24.8 Å². The van der Waals surface area contributed by atoms with Gasteiger partial charge in [0, 0.05) is 72.6 Å². The molecular weight excluding hydrogens is 1170 g/mol. The summed E-state index contributed by atoms with van der Waals surface area (Å²) in [4.78, 5) is 69.2. The number of aromatic hydroxyl groups is 1. The Bertz CT molecular complexity index is 3850. The Morgan fingerprint density at radius 2 is 1.48 bits per heavy atom. The molecular formula is C63H70N10O11S3. The van der Waals surface area contributed by atoms with E-state index in [0.717, 1.165) is 35.4 Å². The highest BCUT2D eigenvalue weighted by atomic mass is 32.2. The summed E-state index contributed by atoms with van der Waals surface area (Å²) in [7, 11) is -8.76. The summed E-state index contributed by atoms with van der Waals surface area (Å²) in [6.45, 7) is 1.51. The van der Waals surface area contributed by atoms with E-state index in [1.165, 1.54) is 53.5 Å². The number of nitrogens with zero attached hydrogens (tertiary/aromatic N) is 5. The fourth-order valence-corrected chi connectivity index (χ4v) is 16.2. The average molecular weight is 1240 g/mol. The molecule has 0 aliphatic carbocycles. The van der Waals surface area contributed by atoms with Crippen LogP contribution in [0.15, 0.2) is 154 Å². The summed E-state index contributed by atoms with van der Waals surface area (Å²) >= 11 is 1.85. The molecule has 0 spiro atoms. The number of carbonyl (C=O) groups is 5. The number of para-hydroxylation sites is 1. The van der Waals surface area contributed by atoms with Gasteiger partial charge in [-0.05, 0) is 97.2 Å². The van der Waals surface area contributed by atoms with E-state index in [1.54, 1.807) is 78.9 Å². The van der Waals surface area contributed by atoms with Crippen molar-refractivity contribution >= 4 is 72.1 Å². The highest BCUT2D eigenvalue weighted by molar-refractivity contribution is 8.00. The van der Waals surface area contributed by atoms with Crippen LogP contribution in [0.5, 0.6) is 5.75 Å². The first-order valence-corrected chi connectivity index (χ1v) is 33.2. The van der Waals surface area contributed by atoms with Gasteiger partial charge < -0.3 is 36.8 Å². The predicted molar refractivity (Wildman–Crippen MR) is 327 cm³/mol. The second kappa shape index (κ2) is 27.8. The van der Waals surface area contributed by atoms with Gasteiger partial charge in [-0.15, -0.1) is 5.10 Å². The van der Waals surface area contributed by atoms with Crippen LogP contribution in [-0.2, 0) is 53.6 Å². The van der Waals surface area contributed by atoms with Crippen LogP contribution in [0, 0.1) is 0 Å². The Morgan fingerprint density at radius 1 is 0.770 bits per heavy atom. The number of pyridine rings is 1. The van der Waals surface area contributed by atoms with Crippen LogP contribution in [-0.4, -0.2) is 136 Å². The largest absolute Gasteiger partial charge is 0.508 e. The van der Waals surface area contributed by atoms with Gasteiger partial charge in [-0.1, -0.05) is 110 Å². The molecule has 10 rings (SSSR count). The molecule has 2 unspecified atom stereocenters. The lowest BCUT2D eigenvalue weighted by atomic mass is 9.97. The molecule has 87 heavy (non-hydrogen) atoms. The number of amides is 5. The molecule has 5 heterocycles. The lowest BCUT2D eigenvalue weighted by Gasteiger charge is -2.31. The summed E-state index contributed by atoms with van der Waals surface area (Å²) in [6.07, 6.45) is 6.58. The van der Waals surface area contributed by atoms with Crippen molar-refractivity contribution in [2.24, 2.45) is 0 Å². The van der Waals surface area contributed by atoms with E-state index >= 15 is 0 Å². The Kier molecular flexibility index (Phi) is 19.8. The van der Waals surface area contributed by atoms with Crippen molar-refractivity contribution in [1.82, 2.24) is 50.9 Å². The lowest BCUT2D eigenvalue weighted by molar-refractivity contribution is -0.129. The van der Waals surface area contributed by atoms with Crippen LogP contribution in [0.1, 0.15) is 109 Å². The first-order valence-electron chi connectivity index (χ1n) is 29.2. The molecule has 0 radical (unpaired) electrons. The number of carbonyl (C=O) groups excluding carboxylic acids is 5. The Morgan fingerprint density at radius 3 is 2.28 bits per heavy atom. The quantitative estimate of drug-likeness (QED) is 0.0188. The van der Waals surface area contributed by atoms with Gasteiger partial charge in [-0.3, -0.25) is 24.2 Å². The number of benzene rings is 5. The molecule has 6 bridgehead atoms. The number of nitrogens with one attached hydrogen (secondary N) is 5. The summed E-state index contributed by atoms with van der Waals surface area (Å²) in [5.74, 6) is -0.727. The average Bonchev–Trinajstić information content (AvgIpc) is 2.02. The van der Waals surface area contributed by atoms with Gasteiger partial charge in [-0.25, -0.2) is 26.3 Å². The van der Waals surface area contributed by atoms with Crippen LogP contribution in [0.4, 0.5) is 4.79 Å². The number of hydrogen-bond donors (Lipinski definition) is 7. The number of rotatable bonds is 25. The number of phenolic OH excluding ortho intramolecular Hbond substituents is 1. The first kappa shape index (κ1) is 62.0. The number of β-amino-alcohol motifs (C(OH)–C–C–N with tert-alkyl or cyclic N) is 1. The third-order valence-electron chi connectivity index (χ3n) is 16.2. The van der Waals surface area contributed by atoms with Crippen molar-refractivity contribution in [2.75, 3.05) is 25.4 Å². The number of sulfonamides is 1. The van der Waals surface area contributed by atoms with E-state index in [-0.39, 0.29) is 99.7 Å². The molecule has 3 aliphatic heterocycles. The van der Waals surface area contributed by atoms with Crippen molar-refractivity contribution in [2.45, 2.75) is 134 Å². The van der Waals surface area contributed by atoms with Crippen LogP contribution in [0.3, 0.4) is 0 Å². The van der Waals surface area contributed by atoms with Crippen molar-refractivity contribution in [3.63, 3.8) is 0 Å². The fraction of sp³-hybridized carbons (Fsp3) is 0.365. The summed E-state index contributed by atoms with van der Waals surface area (Å²) < 4.78 is 60.6. The second-order valence-corrected chi connectivity index (χ2v) is 27.5. The maximum atomic E-state index is 14.8. The van der Waals surface area contributed by atoms with E-state index in [9.17, 15) is 51.0 Å². The second-order valence-electron chi connectivity index (χ2n) is 22.4. The number of aliphatic hydroxyl groups is 1. The van der Waals surface area contributed by atoms with Gasteiger partial charge in [0.15, 0.2) is 5.78 Å². The number of urea groups is 1. The molecule has 7 N–H and O–H groups in total. The molecule has 2 saturated heterocycles. The maximum absolute atomic E-state index is 14.8. The highest BCUT2D eigenvalue weighted by Gasteiger charge is 2.43. The monoisotopic (exact) mass is 1240 g/mol. The highest BCUT2D eigenvalue weighted by Crippen LogP contribution is 2.36. The Hall–Kier alpha value is -8.03. The van der Waals surface area contributed by atoms with E-state index in [2.05, 4.69) is 41.9 Å². The number of aromatic nitrogens is 4. The molecule has 2 fully saturated rings. The smallest absolute Gasteiger partial charge is 0.315 e. The topological polar surface area (TPSA) is 301 Å². The summed E-state index contributed by atoms with van der Waals surface area (Å²) in [5.41, 5.74) is 3.47. The number of thioether (sulfide) groups is 1. The molecule has 0 saturated carbocycles. The minimum absolute atomic E-state index is 0.00704. The van der Waals surface area contributed by atoms with Gasteiger partial charge in [-0.2, -0.15) is 16.1 Å². The summed E-state index contributed by atoms with van der Waals surface area (Å²) in [6, 6.07) is 31.8. The third-order valence-corrected chi connectivity index (χ3v) is 21.3. The number of aliphatic hydroxyl groups excluding tert-OH is 1. The van der Waals surface area contributed by atoms with Gasteiger partial charge >= 0.3 is 6.03 Å². The third kappa shape index (κ3) is 15.0. The molecule has 3 aliphatic rings. The number of sulfone groups is 1. The number of ketones is 1. The van der Waals surface area contributed by atoms with Crippen LogP contribution in [0.2, 0.25) is 0 Å². The van der Waals surface area contributed by atoms with E-state index in [0.29, 0.717) is 70.7 Å². The molecule has 5 amide bonds. The van der Waals surface area contributed by atoms with Gasteiger partial charge in [0.2, 0.25) is 37.6 Å². The van der Waals surface area contributed by atoms with E-state index < -0.39 is 56.4 Å². The zero-order valence-electron chi connectivity index (χ0n) is 48.0. The molecule has 24 heteroatoms. The van der Waals surface area contributed by atoms with Gasteiger partial charge in [0.05, 0.1) is 57.2 Å². The van der Waals surface area contributed by atoms with Crippen molar-refractivity contribution in [1.29, 1.82) is 0 Å². The van der Waals surface area contributed by atoms with Crippen LogP contribution < -0.4 is 26.6 Å². The molecule has 456 valence electrons. The molecule has 2 aromatic heterocycles. The zero-order chi connectivity index (χ0) is 61.2. The van der Waals surface area contributed by atoms with Crippen molar-refractivity contribution < 1.29 is 51.0 Å². The molecule has 7 aromatic rings. The van der Waals surface area contributed by atoms with Crippen molar-refractivity contribution in [3.05, 3.63) is 173 Å². The number of phenols is 1. The van der Waals surface area contributed by atoms with E-state index in [4.69, 9.17) is 0 Å². The standard InChI is InChI=1S/C63H70N10O11S3/c1-40-36-72(87(83,84)48-15-10-14-47(34-48)86(81,82)56-18-11-16-50-49(40)29-31-65-59(50)56)38-54(75)53(33-42-23-27-46(74)28-24-42)73-37-45(70-71-73)35-66-62(79)51(32-41-21-25-44(26-22-41)61(78)43-12-4-2-5-13-43)67-58(77)20-6-3-9-30-64-57(76)19-8-7-17-55-60-52(39-85-55)68-63(80)69-60/h2,4-5,10-16,18,21-29,31,34,37,40,51-55,60,74-75H,3,6-9,17,19-20,30,32-33,35-36,38-39H2,1H3,(H,64,76)(H,66,79)(H,67,77)(H2,68,69,80)/t40?,51-,52-,53-,54?,55-,60-/m0/s1. The van der Waals surface area contributed by atoms with Crippen LogP contribution in [0.25, 0.3) is 10.9 Å². The fourth-order valence-electron chi connectivity index (χ4n) is 11.5.